The van der Waals surface area contributed by atoms with Gasteiger partial charge in [0.2, 0.25) is 10.0 Å². The third-order valence-corrected chi connectivity index (χ3v) is 5.52. The summed E-state index contributed by atoms with van der Waals surface area (Å²) in [7, 11) is -3.57. The lowest BCUT2D eigenvalue weighted by Crippen LogP contribution is -2.53. The van der Waals surface area contributed by atoms with Crippen LogP contribution in [0.25, 0.3) is 0 Å². The van der Waals surface area contributed by atoms with E-state index in [0.717, 1.165) is 0 Å². The number of hydrogen-bond acceptors (Lipinski definition) is 4. The molecule has 1 aromatic rings. The normalized spacial score (nSPS) is 18.8. The van der Waals surface area contributed by atoms with Crippen LogP contribution in [0, 0.1) is 11.8 Å². The van der Waals surface area contributed by atoms with Crippen molar-refractivity contribution in [3.8, 4) is 0 Å². The van der Waals surface area contributed by atoms with Gasteiger partial charge in [0.15, 0.2) is 0 Å². The number of sulfonamides is 1. The Morgan fingerprint density at radius 2 is 2.16 bits per heavy atom. The van der Waals surface area contributed by atoms with Crippen LogP contribution in [0.2, 0.25) is 0 Å². The van der Waals surface area contributed by atoms with E-state index in [1.165, 1.54) is 22.8 Å². The van der Waals surface area contributed by atoms with Crippen LogP contribution in [-0.4, -0.2) is 41.9 Å². The van der Waals surface area contributed by atoms with Gasteiger partial charge in [-0.05, 0) is 27.9 Å². The molecule has 104 valence electrons. The molecule has 2 heterocycles. The van der Waals surface area contributed by atoms with Crippen LogP contribution in [0.1, 0.15) is 6.92 Å². The van der Waals surface area contributed by atoms with Crippen LogP contribution in [0.3, 0.4) is 0 Å². The van der Waals surface area contributed by atoms with Gasteiger partial charge in [-0.1, -0.05) is 6.92 Å². The summed E-state index contributed by atoms with van der Waals surface area (Å²) in [6, 6.07) is 1.48. The summed E-state index contributed by atoms with van der Waals surface area (Å²) < 4.78 is 26.3. The first-order chi connectivity index (χ1) is 8.82. The number of pyridine rings is 1. The molecule has 1 N–H and O–H groups in total. The van der Waals surface area contributed by atoms with Gasteiger partial charge in [0, 0.05) is 30.0 Å². The molecule has 1 aromatic heterocycles. The van der Waals surface area contributed by atoms with Crippen molar-refractivity contribution in [2.45, 2.75) is 11.8 Å². The molecule has 6 nitrogen and oxygen atoms in total. The number of aliphatic carboxylic acids is 1. The third kappa shape index (κ3) is 2.80. The summed E-state index contributed by atoms with van der Waals surface area (Å²) in [5.74, 6) is -1.56. The second-order valence-electron chi connectivity index (χ2n) is 4.55. The zero-order valence-corrected chi connectivity index (χ0v) is 12.6. The molecule has 1 aliphatic rings. The number of carboxylic acid groups (broad SMARTS) is 1. The molecule has 19 heavy (non-hydrogen) atoms. The van der Waals surface area contributed by atoms with E-state index in [1.54, 1.807) is 6.92 Å². The van der Waals surface area contributed by atoms with Crippen LogP contribution >= 0.6 is 15.9 Å². The van der Waals surface area contributed by atoms with Crippen LogP contribution in [0.5, 0.6) is 0 Å². The van der Waals surface area contributed by atoms with Gasteiger partial charge in [0.1, 0.15) is 4.90 Å². The number of carboxylic acids is 1. The zero-order chi connectivity index (χ0) is 14.2. The fourth-order valence-electron chi connectivity index (χ4n) is 1.87. The number of aromatic nitrogens is 1. The maximum Gasteiger partial charge on any atom is 0.306 e. The maximum absolute atomic E-state index is 12.2. The summed E-state index contributed by atoms with van der Waals surface area (Å²) in [4.78, 5) is 14.8. The van der Waals surface area contributed by atoms with E-state index in [9.17, 15) is 13.2 Å². The van der Waals surface area contributed by atoms with Crippen molar-refractivity contribution in [2.24, 2.45) is 11.8 Å². The second-order valence-corrected chi connectivity index (χ2v) is 7.40. The smallest absolute Gasteiger partial charge is 0.306 e. The van der Waals surface area contributed by atoms with E-state index in [4.69, 9.17) is 5.11 Å². The largest absolute Gasteiger partial charge is 0.481 e. The van der Waals surface area contributed by atoms with E-state index in [2.05, 4.69) is 20.9 Å². The van der Waals surface area contributed by atoms with E-state index >= 15 is 0 Å². The fraction of sp³-hybridized carbons (Fsp3) is 0.455. The molecule has 2 rings (SSSR count). The lowest BCUT2D eigenvalue weighted by Gasteiger charge is -2.39. The Morgan fingerprint density at radius 1 is 1.53 bits per heavy atom. The minimum atomic E-state index is -3.57. The van der Waals surface area contributed by atoms with Crippen LogP contribution in [0.4, 0.5) is 0 Å². The molecule has 0 aromatic carbocycles. The van der Waals surface area contributed by atoms with Crippen LogP contribution in [-0.2, 0) is 14.8 Å². The fourth-order valence-corrected chi connectivity index (χ4v) is 3.93. The molecule has 1 fully saturated rings. The topological polar surface area (TPSA) is 87.6 Å². The van der Waals surface area contributed by atoms with E-state index < -0.39 is 21.9 Å². The van der Waals surface area contributed by atoms with E-state index in [1.807, 2.05) is 0 Å². The summed E-state index contributed by atoms with van der Waals surface area (Å²) in [5.41, 5.74) is 0. The quantitative estimate of drug-likeness (QED) is 0.882. The predicted molar refractivity (Wildman–Crippen MR) is 71.0 cm³/mol. The van der Waals surface area contributed by atoms with Crippen molar-refractivity contribution in [1.82, 2.24) is 9.29 Å². The molecular weight excluding hydrogens is 336 g/mol. The second kappa shape index (κ2) is 5.18. The summed E-state index contributed by atoms with van der Waals surface area (Å²) >= 11 is 3.17. The van der Waals surface area contributed by atoms with Gasteiger partial charge in [0.25, 0.3) is 0 Å². The highest BCUT2D eigenvalue weighted by molar-refractivity contribution is 9.10. The van der Waals surface area contributed by atoms with Crippen molar-refractivity contribution in [3.63, 3.8) is 0 Å². The van der Waals surface area contributed by atoms with E-state index in [0.29, 0.717) is 4.47 Å². The van der Waals surface area contributed by atoms with Gasteiger partial charge in [0.05, 0.1) is 5.92 Å². The van der Waals surface area contributed by atoms with Crippen molar-refractivity contribution in [1.29, 1.82) is 0 Å². The Morgan fingerprint density at radius 3 is 2.68 bits per heavy atom. The average Bonchev–Trinajstić information content (AvgIpc) is 2.26. The molecule has 0 aliphatic carbocycles. The van der Waals surface area contributed by atoms with Gasteiger partial charge >= 0.3 is 5.97 Å². The highest BCUT2D eigenvalue weighted by Gasteiger charge is 2.41. The van der Waals surface area contributed by atoms with Gasteiger partial charge in [-0.25, -0.2) is 8.42 Å². The first-order valence-corrected chi connectivity index (χ1v) is 7.89. The third-order valence-electron chi connectivity index (χ3n) is 3.29. The van der Waals surface area contributed by atoms with E-state index in [-0.39, 0.29) is 23.9 Å². The molecule has 1 unspecified atom stereocenters. The van der Waals surface area contributed by atoms with Crippen LogP contribution in [0.15, 0.2) is 27.8 Å². The molecule has 1 saturated heterocycles. The summed E-state index contributed by atoms with van der Waals surface area (Å²) in [5, 5.41) is 8.88. The highest BCUT2D eigenvalue weighted by Crippen LogP contribution is 2.30. The first kappa shape index (κ1) is 14.4. The molecule has 0 spiro atoms. The average molecular weight is 349 g/mol. The molecule has 1 atom stereocenters. The monoisotopic (exact) mass is 348 g/mol. The predicted octanol–water partition coefficient (Wildman–Crippen LogP) is 1.19. The van der Waals surface area contributed by atoms with Crippen molar-refractivity contribution in [2.75, 3.05) is 13.1 Å². The number of rotatable bonds is 4. The molecular formula is C11H13BrN2O4S. The molecule has 8 heteroatoms. The molecule has 1 aliphatic heterocycles. The van der Waals surface area contributed by atoms with Gasteiger partial charge in [-0.2, -0.15) is 4.31 Å². The molecule has 0 amide bonds. The standard InChI is InChI=1S/C11H13BrN2O4S/c1-7(11(15)16)8-5-14(6-8)19(17,18)10-2-9(12)3-13-4-10/h2-4,7-8H,5-6H2,1H3,(H,15,16). The Balaban J connectivity index is 2.11. The summed E-state index contributed by atoms with van der Waals surface area (Å²) in [6.45, 7) is 2.07. The number of halogens is 1. The molecule has 0 saturated carbocycles. The Kier molecular flexibility index (Phi) is 3.93. The van der Waals surface area contributed by atoms with Crippen molar-refractivity contribution < 1.29 is 18.3 Å². The Hall–Kier alpha value is -0.990. The van der Waals surface area contributed by atoms with Crippen molar-refractivity contribution in [3.05, 3.63) is 22.9 Å². The number of hydrogen-bond donors (Lipinski definition) is 1. The minimum absolute atomic E-state index is 0.114. The zero-order valence-electron chi connectivity index (χ0n) is 10.2. The minimum Gasteiger partial charge on any atom is -0.481 e. The van der Waals surface area contributed by atoms with Crippen LogP contribution < -0.4 is 0 Å². The Bertz CT molecular complexity index is 598. The molecule has 0 bridgehead atoms. The van der Waals surface area contributed by atoms with Gasteiger partial charge in [-0.3, -0.25) is 9.78 Å². The maximum atomic E-state index is 12.2. The number of carbonyl (C=O) groups is 1. The lowest BCUT2D eigenvalue weighted by atomic mass is 9.89. The first-order valence-electron chi connectivity index (χ1n) is 5.66. The summed E-state index contributed by atoms with van der Waals surface area (Å²) in [6.07, 6.45) is 2.79. The van der Waals surface area contributed by atoms with Gasteiger partial charge in [-0.15, -0.1) is 0 Å². The highest BCUT2D eigenvalue weighted by atomic mass is 79.9. The SMILES string of the molecule is CC(C(=O)O)C1CN(S(=O)(=O)c2cncc(Br)c2)C1. The number of nitrogens with zero attached hydrogens (tertiary/aromatic N) is 2. The van der Waals surface area contributed by atoms with Crippen molar-refractivity contribution >= 4 is 31.9 Å². The Labute approximate surface area is 119 Å². The lowest BCUT2D eigenvalue weighted by molar-refractivity contribution is -0.144. The van der Waals surface area contributed by atoms with Gasteiger partial charge < -0.3 is 5.11 Å². The molecule has 0 radical (unpaired) electrons.